The van der Waals surface area contributed by atoms with Crippen LogP contribution in [0.2, 0.25) is 0 Å². The number of nitrogens with zero attached hydrogens (tertiary/aromatic N) is 3. The molecular formula is C18H19FN6. The summed E-state index contributed by atoms with van der Waals surface area (Å²) in [4.78, 5) is 13.1. The molecule has 0 aliphatic rings. The summed E-state index contributed by atoms with van der Waals surface area (Å²) < 4.78 is 13.1. The van der Waals surface area contributed by atoms with E-state index in [-0.39, 0.29) is 11.9 Å². The first-order chi connectivity index (χ1) is 12.1. The van der Waals surface area contributed by atoms with Crippen LogP contribution in [-0.2, 0) is 0 Å². The second-order valence-electron chi connectivity index (χ2n) is 5.73. The Balaban J connectivity index is 1.87. The lowest BCUT2D eigenvalue weighted by atomic mass is 10.3. The highest BCUT2D eigenvalue weighted by Crippen LogP contribution is 2.19. The van der Waals surface area contributed by atoms with Crippen LogP contribution in [0.15, 0.2) is 54.6 Å². The van der Waals surface area contributed by atoms with E-state index in [9.17, 15) is 4.39 Å². The van der Waals surface area contributed by atoms with Gasteiger partial charge < -0.3 is 16.0 Å². The van der Waals surface area contributed by atoms with Crippen molar-refractivity contribution in [3.63, 3.8) is 0 Å². The zero-order chi connectivity index (χ0) is 17.6. The van der Waals surface area contributed by atoms with E-state index >= 15 is 0 Å². The predicted octanol–water partition coefficient (Wildman–Crippen LogP) is 4.32. The van der Waals surface area contributed by atoms with E-state index in [1.807, 2.05) is 44.2 Å². The lowest BCUT2D eigenvalue weighted by Gasteiger charge is -2.13. The summed E-state index contributed by atoms with van der Waals surface area (Å²) in [5, 5.41) is 9.38. The molecular weight excluding hydrogens is 319 g/mol. The van der Waals surface area contributed by atoms with Crippen LogP contribution in [0.1, 0.15) is 13.8 Å². The number of anilines is 5. The Hall–Kier alpha value is -3.22. The van der Waals surface area contributed by atoms with Crippen molar-refractivity contribution in [1.82, 2.24) is 15.0 Å². The largest absolute Gasteiger partial charge is 0.352 e. The molecule has 3 rings (SSSR count). The van der Waals surface area contributed by atoms with E-state index in [1.54, 1.807) is 12.1 Å². The van der Waals surface area contributed by atoms with Crippen molar-refractivity contribution in [2.45, 2.75) is 19.9 Å². The van der Waals surface area contributed by atoms with Crippen LogP contribution in [-0.4, -0.2) is 21.0 Å². The number of para-hydroxylation sites is 1. The predicted molar refractivity (Wildman–Crippen MR) is 98.0 cm³/mol. The van der Waals surface area contributed by atoms with Gasteiger partial charge in [-0.1, -0.05) is 18.2 Å². The quantitative estimate of drug-likeness (QED) is 0.621. The van der Waals surface area contributed by atoms with Gasteiger partial charge in [0.05, 0.1) is 0 Å². The average Bonchev–Trinajstić information content (AvgIpc) is 2.57. The van der Waals surface area contributed by atoms with Crippen LogP contribution in [0, 0.1) is 5.82 Å². The van der Waals surface area contributed by atoms with Gasteiger partial charge in [0.25, 0.3) is 0 Å². The van der Waals surface area contributed by atoms with Gasteiger partial charge >= 0.3 is 0 Å². The molecule has 128 valence electrons. The summed E-state index contributed by atoms with van der Waals surface area (Å²) >= 11 is 0. The van der Waals surface area contributed by atoms with Crippen molar-refractivity contribution < 1.29 is 4.39 Å². The molecule has 25 heavy (non-hydrogen) atoms. The van der Waals surface area contributed by atoms with Gasteiger partial charge in [-0.15, -0.1) is 0 Å². The molecule has 0 spiro atoms. The van der Waals surface area contributed by atoms with Crippen molar-refractivity contribution in [3.8, 4) is 0 Å². The number of nitrogens with one attached hydrogen (secondary N) is 3. The van der Waals surface area contributed by atoms with E-state index in [0.717, 1.165) is 5.69 Å². The minimum absolute atomic E-state index is 0.172. The van der Waals surface area contributed by atoms with Crippen molar-refractivity contribution in [2.24, 2.45) is 0 Å². The van der Waals surface area contributed by atoms with Gasteiger partial charge in [-0.2, -0.15) is 15.0 Å². The van der Waals surface area contributed by atoms with Gasteiger partial charge in [0, 0.05) is 17.4 Å². The Labute approximate surface area is 145 Å². The second kappa shape index (κ2) is 7.57. The number of halogens is 1. The van der Waals surface area contributed by atoms with Crippen molar-refractivity contribution in [3.05, 3.63) is 60.4 Å². The highest BCUT2D eigenvalue weighted by atomic mass is 19.1. The van der Waals surface area contributed by atoms with Gasteiger partial charge in [0.2, 0.25) is 17.8 Å². The van der Waals surface area contributed by atoms with Crippen LogP contribution in [0.5, 0.6) is 0 Å². The molecule has 0 saturated carbocycles. The van der Waals surface area contributed by atoms with E-state index in [0.29, 0.717) is 23.5 Å². The standard InChI is InChI=1S/C18H19FN6/c1-12(2)20-16-23-17(21-14-6-4-3-5-7-14)25-18(24-16)22-15-10-8-13(19)9-11-15/h3-12H,1-2H3,(H3,20,21,22,23,24,25). The molecule has 1 aromatic heterocycles. The fourth-order valence-electron chi connectivity index (χ4n) is 2.12. The molecule has 0 atom stereocenters. The Kier molecular flexibility index (Phi) is 5.03. The number of hydrogen-bond acceptors (Lipinski definition) is 6. The molecule has 0 unspecified atom stereocenters. The topological polar surface area (TPSA) is 74.8 Å². The average molecular weight is 338 g/mol. The maximum Gasteiger partial charge on any atom is 0.233 e. The van der Waals surface area contributed by atoms with Gasteiger partial charge in [0.15, 0.2) is 0 Å². The Morgan fingerprint density at radius 3 is 1.80 bits per heavy atom. The highest BCUT2D eigenvalue weighted by molar-refractivity contribution is 5.59. The van der Waals surface area contributed by atoms with Gasteiger partial charge in [0.1, 0.15) is 5.82 Å². The molecule has 2 aromatic carbocycles. The van der Waals surface area contributed by atoms with Crippen molar-refractivity contribution in [1.29, 1.82) is 0 Å². The van der Waals surface area contributed by atoms with Crippen LogP contribution < -0.4 is 16.0 Å². The molecule has 0 aliphatic carbocycles. The third kappa shape index (κ3) is 4.87. The highest BCUT2D eigenvalue weighted by Gasteiger charge is 2.08. The Bertz CT molecular complexity index is 821. The summed E-state index contributed by atoms with van der Waals surface area (Å²) in [5.74, 6) is 0.931. The normalized spacial score (nSPS) is 10.6. The summed E-state index contributed by atoms with van der Waals surface area (Å²) in [7, 11) is 0. The molecule has 3 N–H and O–H groups in total. The fourth-order valence-corrected chi connectivity index (χ4v) is 2.12. The van der Waals surface area contributed by atoms with Crippen LogP contribution in [0.25, 0.3) is 0 Å². The van der Waals surface area contributed by atoms with Gasteiger partial charge in [-0.3, -0.25) is 0 Å². The first-order valence-electron chi connectivity index (χ1n) is 7.96. The lowest BCUT2D eigenvalue weighted by Crippen LogP contribution is -2.15. The summed E-state index contributed by atoms with van der Waals surface area (Å²) in [5.41, 5.74) is 1.56. The van der Waals surface area contributed by atoms with Crippen LogP contribution in [0.4, 0.5) is 33.6 Å². The Morgan fingerprint density at radius 1 is 0.720 bits per heavy atom. The van der Waals surface area contributed by atoms with Crippen LogP contribution >= 0.6 is 0 Å². The monoisotopic (exact) mass is 338 g/mol. The van der Waals surface area contributed by atoms with Crippen molar-refractivity contribution in [2.75, 3.05) is 16.0 Å². The minimum atomic E-state index is -0.296. The van der Waals surface area contributed by atoms with E-state index in [4.69, 9.17) is 0 Å². The fraction of sp³-hybridized carbons (Fsp3) is 0.167. The lowest BCUT2D eigenvalue weighted by molar-refractivity contribution is 0.628. The zero-order valence-corrected chi connectivity index (χ0v) is 14.0. The molecule has 0 fully saturated rings. The van der Waals surface area contributed by atoms with Crippen molar-refractivity contribution >= 4 is 29.2 Å². The molecule has 0 saturated heterocycles. The summed E-state index contributed by atoms with van der Waals surface area (Å²) in [6.45, 7) is 4.00. The van der Waals surface area contributed by atoms with E-state index < -0.39 is 0 Å². The molecule has 0 radical (unpaired) electrons. The number of benzene rings is 2. The summed E-state index contributed by atoms with van der Waals surface area (Å²) in [6.07, 6.45) is 0. The molecule has 0 amide bonds. The van der Waals surface area contributed by atoms with E-state index in [2.05, 4.69) is 30.9 Å². The van der Waals surface area contributed by atoms with Gasteiger partial charge in [-0.05, 0) is 50.2 Å². The molecule has 0 bridgehead atoms. The molecule has 3 aromatic rings. The molecule has 7 heteroatoms. The molecule has 0 aliphatic heterocycles. The second-order valence-corrected chi connectivity index (χ2v) is 5.73. The number of aromatic nitrogens is 3. The third-order valence-corrected chi connectivity index (χ3v) is 3.18. The SMILES string of the molecule is CC(C)Nc1nc(Nc2ccccc2)nc(Nc2ccc(F)cc2)n1. The molecule has 6 nitrogen and oxygen atoms in total. The smallest absolute Gasteiger partial charge is 0.233 e. The maximum absolute atomic E-state index is 13.1. The van der Waals surface area contributed by atoms with E-state index in [1.165, 1.54) is 12.1 Å². The first kappa shape index (κ1) is 16.6. The van der Waals surface area contributed by atoms with Crippen LogP contribution in [0.3, 0.4) is 0 Å². The third-order valence-electron chi connectivity index (χ3n) is 3.18. The zero-order valence-electron chi connectivity index (χ0n) is 14.0. The number of hydrogen-bond donors (Lipinski definition) is 3. The Morgan fingerprint density at radius 2 is 1.24 bits per heavy atom. The number of rotatable bonds is 6. The first-order valence-corrected chi connectivity index (χ1v) is 7.96. The maximum atomic E-state index is 13.1. The minimum Gasteiger partial charge on any atom is -0.352 e. The molecule has 1 heterocycles. The van der Waals surface area contributed by atoms with Gasteiger partial charge in [-0.25, -0.2) is 4.39 Å². The summed E-state index contributed by atoms with van der Waals surface area (Å²) in [6, 6.07) is 15.8.